The third kappa shape index (κ3) is 1.99. The predicted molar refractivity (Wildman–Crippen MR) is 59.1 cm³/mol. The molecule has 0 aliphatic carbocycles. The molecule has 2 heterocycles. The number of rotatable bonds is 2. The van der Waals surface area contributed by atoms with Crippen LogP contribution in [-0.2, 0) is 4.74 Å². The highest BCUT2D eigenvalue weighted by molar-refractivity contribution is 5.03. The number of nitrogens with one attached hydrogen (secondary N) is 1. The van der Waals surface area contributed by atoms with Gasteiger partial charge >= 0.3 is 5.69 Å². The van der Waals surface area contributed by atoms with Gasteiger partial charge < -0.3 is 20.1 Å². The molecule has 0 bridgehead atoms. The average Bonchev–Trinajstić information content (AvgIpc) is 2.61. The summed E-state index contributed by atoms with van der Waals surface area (Å²) in [6.07, 6.45) is -3.52. The summed E-state index contributed by atoms with van der Waals surface area (Å²) in [5.74, 6) is 0. The molecule has 4 N–H and O–H groups in total. The zero-order valence-electron chi connectivity index (χ0n) is 9.61. The molecule has 0 saturated carbocycles. The molecule has 1 saturated heterocycles. The van der Waals surface area contributed by atoms with Crippen molar-refractivity contribution in [2.24, 2.45) is 0 Å². The maximum atomic E-state index is 11.6. The SMILES string of the molecule is Cc1cn(C2O[C@H](CO)[C@H](O)[C@@H]2O)c(=O)[nH]c1=O. The Morgan fingerprint density at radius 3 is 2.61 bits per heavy atom. The molecule has 100 valence electrons. The monoisotopic (exact) mass is 258 g/mol. The number of aromatic nitrogens is 2. The second kappa shape index (κ2) is 4.65. The Morgan fingerprint density at radius 2 is 2.06 bits per heavy atom. The lowest BCUT2D eigenvalue weighted by atomic mass is 10.1. The van der Waals surface area contributed by atoms with Crippen LogP contribution in [0, 0.1) is 6.92 Å². The minimum absolute atomic E-state index is 0.271. The molecule has 0 radical (unpaired) electrons. The van der Waals surface area contributed by atoms with Crippen molar-refractivity contribution in [3.63, 3.8) is 0 Å². The van der Waals surface area contributed by atoms with Gasteiger partial charge in [-0.1, -0.05) is 0 Å². The van der Waals surface area contributed by atoms with Crippen molar-refractivity contribution in [1.82, 2.24) is 9.55 Å². The summed E-state index contributed by atoms with van der Waals surface area (Å²) in [5.41, 5.74) is -1.00. The van der Waals surface area contributed by atoms with Crippen LogP contribution in [0.15, 0.2) is 15.8 Å². The number of hydrogen-bond donors (Lipinski definition) is 4. The number of aromatic amines is 1. The van der Waals surface area contributed by atoms with Crippen LogP contribution >= 0.6 is 0 Å². The molecule has 0 amide bonds. The second-order valence-corrected chi connectivity index (χ2v) is 4.21. The number of H-pyrrole nitrogens is 1. The van der Waals surface area contributed by atoms with Crippen molar-refractivity contribution < 1.29 is 20.1 Å². The molecule has 1 aliphatic heterocycles. The normalized spacial score (nSPS) is 31.8. The summed E-state index contributed by atoms with van der Waals surface area (Å²) in [7, 11) is 0. The summed E-state index contributed by atoms with van der Waals surface area (Å²) in [6, 6.07) is 0. The molecule has 0 spiro atoms. The van der Waals surface area contributed by atoms with Crippen molar-refractivity contribution >= 4 is 0 Å². The van der Waals surface area contributed by atoms with E-state index in [0.717, 1.165) is 4.57 Å². The molecule has 0 aromatic carbocycles. The topological polar surface area (TPSA) is 125 Å². The van der Waals surface area contributed by atoms with Crippen molar-refractivity contribution in [1.29, 1.82) is 0 Å². The predicted octanol–water partition coefficient (Wildman–Crippen LogP) is -2.54. The first kappa shape index (κ1) is 13.0. The Morgan fingerprint density at radius 1 is 1.39 bits per heavy atom. The van der Waals surface area contributed by atoms with E-state index in [1.807, 2.05) is 0 Å². The van der Waals surface area contributed by atoms with Crippen LogP contribution in [0.1, 0.15) is 11.8 Å². The molecule has 1 aromatic rings. The lowest BCUT2D eigenvalue weighted by molar-refractivity contribution is -0.0551. The van der Waals surface area contributed by atoms with Crippen molar-refractivity contribution in [2.45, 2.75) is 31.5 Å². The van der Waals surface area contributed by atoms with Gasteiger partial charge in [-0.15, -0.1) is 0 Å². The fourth-order valence-electron chi connectivity index (χ4n) is 1.88. The number of ether oxygens (including phenoxy) is 1. The van der Waals surface area contributed by atoms with Crippen LogP contribution < -0.4 is 11.2 Å². The van der Waals surface area contributed by atoms with Crippen molar-refractivity contribution in [3.8, 4) is 0 Å². The van der Waals surface area contributed by atoms with Gasteiger partial charge in [0.15, 0.2) is 6.23 Å². The molecule has 4 atom stereocenters. The van der Waals surface area contributed by atoms with E-state index in [4.69, 9.17) is 9.84 Å². The van der Waals surface area contributed by atoms with E-state index in [2.05, 4.69) is 4.98 Å². The molecular formula is C10H14N2O6. The van der Waals surface area contributed by atoms with Crippen LogP contribution in [0.25, 0.3) is 0 Å². The molecule has 18 heavy (non-hydrogen) atoms. The molecule has 1 unspecified atom stereocenters. The fourth-order valence-corrected chi connectivity index (χ4v) is 1.88. The quantitative estimate of drug-likeness (QED) is 0.463. The number of aryl methyl sites for hydroxylation is 1. The summed E-state index contributed by atoms with van der Waals surface area (Å²) in [5, 5.41) is 28.3. The molecule has 1 fully saturated rings. The van der Waals surface area contributed by atoms with Gasteiger partial charge in [-0.25, -0.2) is 4.79 Å². The Balaban J connectivity index is 2.42. The van der Waals surface area contributed by atoms with Gasteiger partial charge in [0.25, 0.3) is 5.56 Å². The lowest BCUT2D eigenvalue weighted by Crippen LogP contribution is -2.38. The van der Waals surface area contributed by atoms with Crippen molar-refractivity contribution in [3.05, 3.63) is 32.6 Å². The largest absolute Gasteiger partial charge is 0.394 e. The number of nitrogens with zero attached hydrogens (tertiary/aromatic N) is 1. The first-order valence-electron chi connectivity index (χ1n) is 5.40. The van der Waals surface area contributed by atoms with Gasteiger partial charge in [-0.3, -0.25) is 14.3 Å². The summed E-state index contributed by atoms with van der Waals surface area (Å²) in [4.78, 5) is 24.9. The minimum atomic E-state index is -1.36. The highest BCUT2D eigenvalue weighted by Crippen LogP contribution is 2.27. The van der Waals surface area contributed by atoms with Gasteiger partial charge in [-0.05, 0) is 6.92 Å². The molecular weight excluding hydrogens is 244 g/mol. The van der Waals surface area contributed by atoms with Gasteiger partial charge in [0.1, 0.15) is 18.3 Å². The Hall–Kier alpha value is -1.48. The molecule has 2 rings (SSSR count). The number of aliphatic hydroxyl groups excluding tert-OH is 3. The number of aliphatic hydroxyl groups is 3. The minimum Gasteiger partial charge on any atom is -0.394 e. The standard InChI is InChI=1S/C10H14N2O6/c1-4-2-12(10(17)11-8(4)16)9-7(15)6(14)5(3-13)18-9/h2,5-7,9,13-15H,3H2,1H3,(H,11,16,17)/t5-,6+,7+,9?/m1/s1. The van der Waals surface area contributed by atoms with Crippen LogP contribution in [0.5, 0.6) is 0 Å². The molecule has 8 heteroatoms. The fraction of sp³-hybridized carbons (Fsp3) is 0.600. The summed E-state index contributed by atoms with van der Waals surface area (Å²) >= 11 is 0. The Labute approximate surface area is 101 Å². The molecule has 8 nitrogen and oxygen atoms in total. The zero-order valence-corrected chi connectivity index (χ0v) is 9.61. The highest BCUT2D eigenvalue weighted by Gasteiger charge is 2.43. The van der Waals surface area contributed by atoms with E-state index >= 15 is 0 Å². The maximum absolute atomic E-state index is 11.6. The van der Waals surface area contributed by atoms with E-state index in [-0.39, 0.29) is 5.56 Å². The third-order valence-electron chi connectivity index (χ3n) is 2.94. The Kier molecular flexibility index (Phi) is 3.35. The smallest absolute Gasteiger partial charge is 0.330 e. The highest BCUT2D eigenvalue weighted by atomic mass is 16.6. The van der Waals surface area contributed by atoms with Crippen LogP contribution in [0.4, 0.5) is 0 Å². The van der Waals surface area contributed by atoms with Gasteiger partial charge in [0, 0.05) is 11.8 Å². The van der Waals surface area contributed by atoms with Gasteiger partial charge in [0.2, 0.25) is 0 Å². The van der Waals surface area contributed by atoms with Crippen LogP contribution in [0.3, 0.4) is 0 Å². The van der Waals surface area contributed by atoms with Crippen LogP contribution in [0.2, 0.25) is 0 Å². The van der Waals surface area contributed by atoms with E-state index in [9.17, 15) is 19.8 Å². The third-order valence-corrected chi connectivity index (χ3v) is 2.94. The average molecular weight is 258 g/mol. The number of hydrogen-bond acceptors (Lipinski definition) is 6. The second-order valence-electron chi connectivity index (χ2n) is 4.21. The van der Waals surface area contributed by atoms with Gasteiger partial charge in [-0.2, -0.15) is 0 Å². The van der Waals surface area contributed by atoms with Gasteiger partial charge in [0.05, 0.1) is 6.61 Å². The maximum Gasteiger partial charge on any atom is 0.330 e. The molecule has 1 aromatic heterocycles. The van der Waals surface area contributed by atoms with E-state index < -0.39 is 42.4 Å². The Bertz CT molecular complexity index is 550. The summed E-state index contributed by atoms with van der Waals surface area (Å²) in [6.45, 7) is 1.02. The van der Waals surface area contributed by atoms with E-state index in [0.29, 0.717) is 0 Å². The van der Waals surface area contributed by atoms with E-state index in [1.165, 1.54) is 13.1 Å². The zero-order chi connectivity index (χ0) is 13.4. The molecule has 1 aliphatic rings. The first-order valence-corrected chi connectivity index (χ1v) is 5.40. The summed E-state index contributed by atoms with van der Waals surface area (Å²) < 4.78 is 6.17. The first-order chi connectivity index (χ1) is 8.45. The van der Waals surface area contributed by atoms with E-state index in [1.54, 1.807) is 0 Å². The van der Waals surface area contributed by atoms with Crippen molar-refractivity contribution in [2.75, 3.05) is 6.61 Å². The lowest BCUT2D eigenvalue weighted by Gasteiger charge is -2.17. The van der Waals surface area contributed by atoms with Crippen LogP contribution in [-0.4, -0.2) is 49.8 Å².